The molecule has 1 aliphatic heterocycles. The number of sulfonamides is 1. The zero-order valence-corrected chi connectivity index (χ0v) is 13.9. The molecule has 6 heteroatoms. The molecule has 1 aromatic heterocycles. The van der Waals surface area contributed by atoms with Gasteiger partial charge < -0.3 is 5.32 Å². The SMILES string of the molecule is CNc1ccncc1S(=O)(=O)N1CCCC(C(C)C)CC1. The Hall–Kier alpha value is -1.14. The van der Waals surface area contributed by atoms with Crippen LogP contribution in [0, 0.1) is 11.8 Å². The predicted molar refractivity (Wildman–Crippen MR) is 84.7 cm³/mol. The summed E-state index contributed by atoms with van der Waals surface area (Å²) in [6, 6.07) is 1.70. The number of hydrogen-bond donors (Lipinski definition) is 1. The first-order valence-corrected chi connectivity index (χ1v) is 9.02. The zero-order chi connectivity index (χ0) is 15.5. The van der Waals surface area contributed by atoms with Gasteiger partial charge in [0, 0.05) is 32.5 Å². The molecule has 0 saturated carbocycles. The second-order valence-electron chi connectivity index (χ2n) is 5.96. The molecule has 5 nitrogen and oxygen atoms in total. The van der Waals surface area contributed by atoms with Crippen LogP contribution in [0.15, 0.2) is 23.4 Å². The summed E-state index contributed by atoms with van der Waals surface area (Å²) in [6.07, 6.45) is 6.01. The van der Waals surface area contributed by atoms with Crippen molar-refractivity contribution in [1.82, 2.24) is 9.29 Å². The van der Waals surface area contributed by atoms with E-state index >= 15 is 0 Å². The van der Waals surface area contributed by atoms with E-state index in [-0.39, 0.29) is 4.90 Å². The fourth-order valence-electron chi connectivity index (χ4n) is 2.93. The van der Waals surface area contributed by atoms with E-state index < -0.39 is 10.0 Å². The average Bonchev–Trinajstić information content (AvgIpc) is 2.73. The van der Waals surface area contributed by atoms with E-state index in [1.807, 2.05) is 0 Å². The molecule has 0 aromatic carbocycles. The number of hydrogen-bond acceptors (Lipinski definition) is 4. The summed E-state index contributed by atoms with van der Waals surface area (Å²) in [5, 5.41) is 2.94. The first-order chi connectivity index (χ1) is 9.96. The second-order valence-corrected chi connectivity index (χ2v) is 7.87. The summed E-state index contributed by atoms with van der Waals surface area (Å²) < 4.78 is 27.3. The van der Waals surface area contributed by atoms with Gasteiger partial charge in [-0.15, -0.1) is 0 Å². The molecule has 1 aromatic rings. The minimum absolute atomic E-state index is 0.274. The highest BCUT2D eigenvalue weighted by atomic mass is 32.2. The molecule has 0 radical (unpaired) electrons. The van der Waals surface area contributed by atoms with Crippen LogP contribution in [0.4, 0.5) is 5.69 Å². The Bertz CT molecular complexity index is 572. The van der Waals surface area contributed by atoms with Crippen molar-refractivity contribution >= 4 is 15.7 Å². The number of rotatable bonds is 4. The predicted octanol–water partition coefficient (Wildman–Crippen LogP) is 2.57. The Labute approximate surface area is 127 Å². The molecule has 0 spiro atoms. The molecular formula is C15H25N3O2S. The van der Waals surface area contributed by atoms with Gasteiger partial charge in [-0.1, -0.05) is 13.8 Å². The second kappa shape index (κ2) is 6.75. The fourth-order valence-corrected chi connectivity index (χ4v) is 4.57. The summed E-state index contributed by atoms with van der Waals surface area (Å²) in [4.78, 5) is 4.25. The number of aromatic nitrogens is 1. The molecule has 118 valence electrons. The van der Waals surface area contributed by atoms with Crippen molar-refractivity contribution in [1.29, 1.82) is 0 Å². The third-order valence-electron chi connectivity index (χ3n) is 4.35. The van der Waals surface area contributed by atoms with E-state index in [0.29, 0.717) is 30.6 Å². The van der Waals surface area contributed by atoms with Gasteiger partial charge in [0.15, 0.2) is 0 Å². The zero-order valence-electron chi connectivity index (χ0n) is 13.0. The topological polar surface area (TPSA) is 62.3 Å². The van der Waals surface area contributed by atoms with Crippen molar-refractivity contribution in [2.45, 2.75) is 38.0 Å². The molecule has 2 rings (SSSR count). The van der Waals surface area contributed by atoms with Crippen molar-refractivity contribution in [3.8, 4) is 0 Å². The molecule has 1 N–H and O–H groups in total. The number of nitrogens with one attached hydrogen (secondary N) is 1. The molecular weight excluding hydrogens is 286 g/mol. The van der Waals surface area contributed by atoms with E-state index in [1.165, 1.54) is 6.20 Å². The lowest BCUT2D eigenvalue weighted by Crippen LogP contribution is -2.32. The van der Waals surface area contributed by atoms with Gasteiger partial charge in [0.05, 0.1) is 5.69 Å². The molecule has 21 heavy (non-hydrogen) atoms. The monoisotopic (exact) mass is 311 g/mol. The molecule has 2 heterocycles. The number of pyridine rings is 1. The van der Waals surface area contributed by atoms with Crippen LogP contribution in [0.5, 0.6) is 0 Å². The van der Waals surface area contributed by atoms with Crippen LogP contribution in [-0.4, -0.2) is 37.8 Å². The molecule has 1 saturated heterocycles. The maximum absolute atomic E-state index is 12.8. The average molecular weight is 311 g/mol. The first-order valence-electron chi connectivity index (χ1n) is 7.58. The molecule has 1 atom stereocenters. The van der Waals surface area contributed by atoms with Gasteiger partial charge in [0.2, 0.25) is 10.0 Å². The minimum atomic E-state index is -3.47. The van der Waals surface area contributed by atoms with E-state index in [9.17, 15) is 8.42 Å². The smallest absolute Gasteiger partial charge is 0.246 e. The van der Waals surface area contributed by atoms with Crippen molar-refractivity contribution in [2.24, 2.45) is 11.8 Å². The van der Waals surface area contributed by atoms with Crippen molar-refractivity contribution in [2.75, 3.05) is 25.5 Å². The van der Waals surface area contributed by atoms with E-state index in [1.54, 1.807) is 23.6 Å². The lowest BCUT2D eigenvalue weighted by molar-refractivity contribution is 0.341. The summed E-state index contributed by atoms with van der Waals surface area (Å²) in [7, 11) is -1.74. The standard InChI is InChI=1S/C15H25N3O2S/c1-12(2)13-5-4-9-18(10-7-13)21(19,20)15-11-17-8-6-14(15)16-3/h6,8,11-13H,4-5,7,9-10H2,1-3H3,(H,16,17). The molecule has 1 aliphatic rings. The Balaban J connectivity index is 2.23. The van der Waals surface area contributed by atoms with E-state index in [4.69, 9.17) is 0 Å². The van der Waals surface area contributed by atoms with Gasteiger partial charge in [0.1, 0.15) is 4.90 Å². The first kappa shape index (κ1) is 16.2. The third-order valence-corrected chi connectivity index (χ3v) is 6.27. The Kier molecular flexibility index (Phi) is 5.22. The Morgan fingerprint density at radius 2 is 2.10 bits per heavy atom. The lowest BCUT2D eigenvalue weighted by atomic mass is 9.89. The van der Waals surface area contributed by atoms with Crippen molar-refractivity contribution in [3.63, 3.8) is 0 Å². The molecule has 1 unspecified atom stereocenters. The van der Waals surface area contributed by atoms with Crippen LogP contribution < -0.4 is 5.32 Å². The number of nitrogens with zero attached hydrogens (tertiary/aromatic N) is 2. The molecule has 0 aliphatic carbocycles. The summed E-state index contributed by atoms with van der Waals surface area (Å²) in [5.41, 5.74) is 0.606. The van der Waals surface area contributed by atoms with Gasteiger partial charge in [-0.25, -0.2) is 8.42 Å². The van der Waals surface area contributed by atoms with Gasteiger partial charge in [-0.2, -0.15) is 4.31 Å². The highest BCUT2D eigenvalue weighted by Crippen LogP contribution is 2.29. The Morgan fingerprint density at radius 3 is 2.76 bits per heavy atom. The largest absolute Gasteiger partial charge is 0.387 e. The van der Waals surface area contributed by atoms with Crippen LogP contribution in [0.2, 0.25) is 0 Å². The van der Waals surface area contributed by atoms with Crippen LogP contribution in [0.1, 0.15) is 33.1 Å². The highest BCUT2D eigenvalue weighted by Gasteiger charge is 2.30. The van der Waals surface area contributed by atoms with Gasteiger partial charge in [-0.3, -0.25) is 4.98 Å². The molecule has 1 fully saturated rings. The van der Waals surface area contributed by atoms with Crippen LogP contribution in [0.25, 0.3) is 0 Å². The van der Waals surface area contributed by atoms with Gasteiger partial charge in [0.25, 0.3) is 0 Å². The quantitative estimate of drug-likeness (QED) is 0.928. The van der Waals surface area contributed by atoms with Crippen molar-refractivity contribution in [3.05, 3.63) is 18.5 Å². The van der Waals surface area contributed by atoms with Crippen LogP contribution >= 0.6 is 0 Å². The van der Waals surface area contributed by atoms with E-state index in [2.05, 4.69) is 24.1 Å². The fraction of sp³-hybridized carbons (Fsp3) is 0.667. The van der Waals surface area contributed by atoms with Gasteiger partial charge in [-0.05, 0) is 37.2 Å². The molecule has 0 bridgehead atoms. The van der Waals surface area contributed by atoms with Crippen LogP contribution in [0.3, 0.4) is 0 Å². The third kappa shape index (κ3) is 3.55. The summed E-state index contributed by atoms with van der Waals surface area (Å²) in [6.45, 7) is 5.64. The summed E-state index contributed by atoms with van der Waals surface area (Å²) >= 11 is 0. The normalized spacial score (nSPS) is 21.2. The molecule has 0 amide bonds. The van der Waals surface area contributed by atoms with Crippen LogP contribution in [-0.2, 0) is 10.0 Å². The maximum Gasteiger partial charge on any atom is 0.246 e. The van der Waals surface area contributed by atoms with Crippen molar-refractivity contribution < 1.29 is 8.42 Å². The lowest BCUT2D eigenvalue weighted by Gasteiger charge is -2.22. The van der Waals surface area contributed by atoms with E-state index in [0.717, 1.165) is 19.3 Å². The minimum Gasteiger partial charge on any atom is -0.387 e. The summed E-state index contributed by atoms with van der Waals surface area (Å²) in [5.74, 6) is 1.22. The van der Waals surface area contributed by atoms with Gasteiger partial charge >= 0.3 is 0 Å². The Morgan fingerprint density at radius 1 is 1.33 bits per heavy atom. The maximum atomic E-state index is 12.8. The number of anilines is 1. The highest BCUT2D eigenvalue weighted by molar-refractivity contribution is 7.89.